The molecule has 0 aliphatic carbocycles. The van der Waals surface area contributed by atoms with Gasteiger partial charge in [-0.1, -0.05) is 0 Å². The number of ether oxygens (including phenoxy) is 2. The van der Waals surface area contributed by atoms with Crippen LogP contribution in [0.4, 0.5) is 4.39 Å². The van der Waals surface area contributed by atoms with Gasteiger partial charge in [0.15, 0.2) is 4.77 Å². The third-order valence-corrected chi connectivity index (χ3v) is 4.78. The number of imidazole rings is 1. The first kappa shape index (κ1) is 15.7. The number of halogens is 1. The van der Waals surface area contributed by atoms with Crippen molar-refractivity contribution in [2.24, 2.45) is 0 Å². The molecule has 2 saturated heterocycles. The van der Waals surface area contributed by atoms with Crippen molar-refractivity contribution in [1.82, 2.24) is 14.9 Å². The Balaban J connectivity index is 1.62. The first-order valence-corrected chi connectivity index (χ1v) is 8.46. The summed E-state index contributed by atoms with van der Waals surface area (Å²) in [5.74, 6) is -0.698. The summed E-state index contributed by atoms with van der Waals surface area (Å²) in [4.78, 5) is 20.4. The molecule has 6 nitrogen and oxygen atoms in total. The van der Waals surface area contributed by atoms with Crippen LogP contribution in [0.1, 0.15) is 23.2 Å². The van der Waals surface area contributed by atoms with E-state index in [4.69, 9.17) is 21.7 Å². The lowest BCUT2D eigenvalue weighted by atomic mass is 10.1. The quantitative estimate of drug-likeness (QED) is 0.815. The summed E-state index contributed by atoms with van der Waals surface area (Å²) >= 11 is 5.06. The number of amides is 1. The van der Waals surface area contributed by atoms with Crippen LogP contribution in [0.25, 0.3) is 11.0 Å². The lowest BCUT2D eigenvalue weighted by molar-refractivity contribution is -0.0867. The summed E-state index contributed by atoms with van der Waals surface area (Å²) < 4.78 is 25.7. The van der Waals surface area contributed by atoms with Gasteiger partial charge in [-0.2, -0.15) is 0 Å². The summed E-state index contributed by atoms with van der Waals surface area (Å²) in [6.45, 7) is 2.12. The fraction of sp³-hybridized carbons (Fsp3) is 0.500. The summed E-state index contributed by atoms with van der Waals surface area (Å²) in [6.07, 6.45) is 1.87. The Morgan fingerprint density at radius 3 is 2.88 bits per heavy atom. The predicted octanol–water partition coefficient (Wildman–Crippen LogP) is 2.38. The first-order valence-electron chi connectivity index (χ1n) is 8.06. The molecule has 8 heteroatoms. The van der Waals surface area contributed by atoms with Gasteiger partial charge < -0.3 is 24.3 Å². The van der Waals surface area contributed by atoms with Gasteiger partial charge in [-0.05, 0) is 37.2 Å². The van der Waals surface area contributed by atoms with Crippen LogP contribution < -0.4 is 0 Å². The zero-order chi connectivity index (χ0) is 16.7. The molecule has 2 atom stereocenters. The van der Waals surface area contributed by atoms with E-state index in [1.807, 2.05) is 0 Å². The molecule has 2 aromatic rings. The van der Waals surface area contributed by atoms with Crippen LogP contribution >= 0.6 is 12.2 Å². The van der Waals surface area contributed by atoms with Crippen molar-refractivity contribution in [3.05, 3.63) is 28.3 Å². The van der Waals surface area contributed by atoms with Crippen LogP contribution in [0.3, 0.4) is 0 Å². The van der Waals surface area contributed by atoms with Crippen molar-refractivity contribution in [3.8, 4) is 0 Å². The minimum atomic E-state index is -0.472. The van der Waals surface area contributed by atoms with Crippen LogP contribution in [0.2, 0.25) is 0 Å². The van der Waals surface area contributed by atoms with Gasteiger partial charge in [0.05, 0.1) is 29.3 Å². The van der Waals surface area contributed by atoms with E-state index >= 15 is 0 Å². The molecule has 3 heterocycles. The number of aromatic nitrogens is 2. The summed E-state index contributed by atoms with van der Waals surface area (Å²) in [5.41, 5.74) is 1.31. The Labute approximate surface area is 142 Å². The van der Waals surface area contributed by atoms with Crippen molar-refractivity contribution < 1.29 is 18.7 Å². The molecule has 0 unspecified atom stereocenters. The van der Waals surface area contributed by atoms with Gasteiger partial charge in [0.2, 0.25) is 0 Å². The van der Waals surface area contributed by atoms with E-state index in [2.05, 4.69) is 9.97 Å². The molecule has 0 spiro atoms. The molecule has 0 saturated carbocycles. The highest BCUT2D eigenvalue weighted by atomic mass is 32.1. The van der Waals surface area contributed by atoms with Gasteiger partial charge in [0, 0.05) is 19.7 Å². The number of aromatic amines is 2. The number of hydrogen-bond acceptors (Lipinski definition) is 4. The molecule has 128 valence electrons. The van der Waals surface area contributed by atoms with E-state index in [0.717, 1.165) is 19.4 Å². The van der Waals surface area contributed by atoms with Gasteiger partial charge in [-0.25, -0.2) is 4.39 Å². The molecule has 24 heavy (non-hydrogen) atoms. The van der Waals surface area contributed by atoms with Crippen molar-refractivity contribution in [2.45, 2.75) is 25.0 Å². The Morgan fingerprint density at radius 2 is 2.08 bits per heavy atom. The van der Waals surface area contributed by atoms with Gasteiger partial charge in [-0.15, -0.1) is 0 Å². The van der Waals surface area contributed by atoms with E-state index in [1.165, 1.54) is 12.1 Å². The number of carbonyl (C=O) groups excluding carboxylic acids is 1. The van der Waals surface area contributed by atoms with E-state index in [1.54, 1.807) is 4.90 Å². The summed E-state index contributed by atoms with van der Waals surface area (Å²) in [7, 11) is 0. The molecule has 0 bridgehead atoms. The lowest BCUT2D eigenvalue weighted by Crippen LogP contribution is -2.49. The number of rotatable bonds is 2. The van der Waals surface area contributed by atoms with Crippen LogP contribution in [-0.4, -0.2) is 59.3 Å². The molecule has 1 aromatic heterocycles. The standard InChI is InChI=1S/C16H18FN3O3S/c17-9-6-10(14-11(7-9)18-16(24)19-14)15(21)20-3-5-23-13(8-20)12-2-1-4-22-12/h6-7,12-13H,1-5,8H2,(H2,18,19,24)/t12-,13+/m0/s1. The number of nitrogens with one attached hydrogen (secondary N) is 2. The largest absolute Gasteiger partial charge is 0.375 e. The van der Waals surface area contributed by atoms with Gasteiger partial charge in [-0.3, -0.25) is 4.79 Å². The van der Waals surface area contributed by atoms with E-state index in [9.17, 15) is 9.18 Å². The molecule has 2 N–H and O–H groups in total. The zero-order valence-corrected chi connectivity index (χ0v) is 13.8. The SMILES string of the molecule is O=C(c1cc(F)cc2[nH]c(=S)[nH]c12)N1CCO[C@@H]([C@@H]2CCCO2)C1. The Morgan fingerprint density at radius 1 is 1.25 bits per heavy atom. The van der Waals surface area contributed by atoms with Crippen molar-refractivity contribution in [2.75, 3.05) is 26.3 Å². The second kappa shape index (κ2) is 6.27. The topological polar surface area (TPSA) is 70.4 Å². The smallest absolute Gasteiger partial charge is 0.256 e. The number of carbonyl (C=O) groups is 1. The van der Waals surface area contributed by atoms with Crippen molar-refractivity contribution in [1.29, 1.82) is 0 Å². The lowest BCUT2D eigenvalue weighted by Gasteiger charge is -2.35. The van der Waals surface area contributed by atoms with Crippen LogP contribution in [0.15, 0.2) is 12.1 Å². The molecule has 2 aliphatic rings. The summed E-state index contributed by atoms with van der Waals surface area (Å²) in [6, 6.07) is 2.58. The second-order valence-electron chi connectivity index (χ2n) is 6.17. The molecule has 1 aromatic carbocycles. The molecular formula is C16H18FN3O3S. The maximum Gasteiger partial charge on any atom is 0.256 e. The van der Waals surface area contributed by atoms with Crippen LogP contribution in [0.5, 0.6) is 0 Å². The Kier molecular flexibility index (Phi) is 4.11. The molecular weight excluding hydrogens is 333 g/mol. The molecule has 2 fully saturated rings. The molecule has 2 aliphatic heterocycles. The fourth-order valence-corrected chi connectivity index (χ4v) is 3.64. The molecule has 0 radical (unpaired) electrons. The number of hydrogen-bond donors (Lipinski definition) is 2. The molecule has 1 amide bonds. The highest BCUT2D eigenvalue weighted by molar-refractivity contribution is 7.71. The van der Waals surface area contributed by atoms with Gasteiger partial charge >= 0.3 is 0 Å². The van der Waals surface area contributed by atoms with Crippen molar-refractivity contribution >= 4 is 29.2 Å². The minimum absolute atomic E-state index is 0.0335. The van der Waals surface area contributed by atoms with E-state index < -0.39 is 5.82 Å². The Hall–Kier alpha value is -1.77. The second-order valence-corrected chi connectivity index (χ2v) is 6.58. The van der Waals surface area contributed by atoms with Gasteiger partial charge in [0.1, 0.15) is 11.9 Å². The normalized spacial score (nSPS) is 24.6. The Bertz CT molecular complexity index is 828. The number of nitrogens with zero attached hydrogens (tertiary/aromatic N) is 1. The number of morpholine rings is 1. The number of H-pyrrole nitrogens is 2. The molecule has 4 rings (SSSR count). The van der Waals surface area contributed by atoms with E-state index in [-0.39, 0.29) is 23.7 Å². The van der Waals surface area contributed by atoms with Crippen LogP contribution in [0, 0.1) is 10.6 Å². The minimum Gasteiger partial charge on any atom is -0.375 e. The fourth-order valence-electron chi connectivity index (χ4n) is 3.43. The summed E-state index contributed by atoms with van der Waals surface area (Å²) in [5, 5.41) is 0. The number of benzene rings is 1. The maximum absolute atomic E-state index is 13.9. The highest BCUT2D eigenvalue weighted by Crippen LogP contribution is 2.24. The number of fused-ring (bicyclic) bond motifs is 1. The maximum atomic E-state index is 13.9. The first-order chi connectivity index (χ1) is 11.6. The predicted molar refractivity (Wildman–Crippen MR) is 88.1 cm³/mol. The third-order valence-electron chi connectivity index (χ3n) is 4.58. The van der Waals surface area contributed by atoms with Crippen molar-refractivity contribution in [3.63, 3.8) is 0 Å². The van der Waals surface area contributed by atoms with E-state index in [0.29, 0.717) is 35.5 Å². The average Bonchev–Trinajstić information content (AvgIpc) is 3.22. The highest BCUT2D eigenvalue weighted by Gasteiger charge is 2.33. The van der Waals surface area contributed by atoms with Crippen LogP contribution in [-0.2, 0) is 9.47 Å². The monoisotopic (exact) mass is 351 g/mol. The van der Waals surface area contributed by atoms with Gasteiger partial charge in [0.25, 0.3) is 5.91 Å². The zero-order valence-electron chi connectivity index (χ0n) is 13.0. The average molecular weight is 351 g/mol. The third kappa shape index (κ3) is 2.85.